The lowest BCUT2D eigenvalue weighted by Crippen LogP contribution is -1.97. The van der Waals surface area contributed by atoms with Crippen LogP contribution in [0.2, 0.25) is 0 Å². The first-order valence-electron chi connectivity index (χ1n) is 7.33. The minimum absolute atomic E-state index is 0.0565. The summed E-state index contributed by atoms with van der Waals surface area (Å²) >= 11 is 0.990. The lowest BCUT2D eigenvalue weighted by atomic mass is 10.1. The molecular formula is C17H14FNO4S3. The van der Waals surface area contributed by atoms with Gasteiger partial charge in [-0.15, -0.1) is 11.3 Å². The molecule has 3 aromatic rings. The molecule has 0 unspecified atom stereocenters. The molecule has 0 atom stereocenters. The van der Waals surface area contributed by atoms with Gasteiger partial charge in [0.1, 0.15) is 5.82 Å². The Balaban J connectivity index is 2.19. The van der Waals surface area contributed by atoms with Gasteiger partial charge in [-0.25, -0.2) is 26.2 Å². The molecule has 0 bridgehead atoms. The van der Waals surface area contributed by atoms with Crippen molar-refractivity contribution in [2.75, 3.05) is 12.5 Å². The maximum atomic E-state index is 13.2. The van der Waals surface area contributed by atoms with Crippen LogP contribution >= 0.6 is 11.3 Å². The predicted molar refractivity (Wildman–Crippen MR) is 99.2 cm³/mol. The van der Waals surface area contributed by atoms with E-state index >= 15 is 0 Å². The Morgan fingerprint density at radius 2 is 1.35 bits per heavy atom. The number of hydrogen-bond acceptors (Lipinski definition) is 6. The molecule has 0 saturated carbocycles. The maximum absolute atomic E-state index is 13.2. The van der Waals surface area contributed by atoms with Crippen LogP contribution in [0.25, 0.3) is 21.7 Å². The standard InChI is InChI=1S/C17H14FNO4S3/c1-25(20,21)14-9-5-11(6-10-14)15-16(12-3-7-13(18)8-4-12)24-17(19-15)26(2,22)23/h3-10H,1-2H3. The quantitative estimate of drug-likeness (QED) is 0.657. The molecule has 0 N–H and O–H groups in total. The Kier molecular flexibility index (Phi) is 4.72. The molecule has 2 aromatic carbocycles. The van der Waals surface area contributed by atoms with E-state index in [4.69, 9.17) is 0 Å². The van der Waals surface area contributed by atoms with Crippen molar-refractivity contribution >= 4 is 31.0 Å². The van der Waals surface area contributed by atoms with Crippen LogP contribution < -0.4 is 0 Å². The molecule has 0 fully saturated rings. The van der Waals surface area contributed by atoms with E-state index in [9.17, 15) is 21.2 Å². The van der Waals surface area contributed by atoms with E-state index in [1.165, 1.54) is 24.3 Å². The van der Waals surface area contributed by atoms with Crippen LogP contribution in [-0.2, 0) is 19.7 Å². The molecule has 0 aliphatic carbocycles. The smallest absolute Gasteiger partial charge is 0.210 e. The zero-order chi connectivity index (χ0) is 19.1. The third-order valence-corrected chi connectivity index (χ3v) is 7.50. The highest BCUT2D eigenvalue weighted by Gasteiger charge is 2.21. The zero-order valence-corrected chi connectivity index (χ0v) is 16.3. The summed E-state index contributed by atoms with van der Waals surface area (Å²) in [6.45, 7) is 0. The molecule has 0 aliphatic rings. The van der Waals surface area contributed by atoms with E-state index in [0.717, 1.165) is 23.8 Å². The number of thiazole rings is 1. The first-order chi connectivity index (χ1) is 12.1. The average Bonchev–Trinajstić information content (AvgIpc) is 3.00. The monoisotopic (exact) mass is 411 g/mol. The third kappa shape index (κ3) is 3.84. The molecule has 3 rings (SSSR count). The van der Waals surface area contributed by atoms with Gasteiger partial charge >= 0.3 is 0 Å². The minimum Gasteiger partial charge on any atom is -0.224 e. The Labute approximate surface area is 155 Å². The number of halogens is 1. The van der Waals surface area contributed by atoms with Crippen molar-refractivity contribution in [3.05, 3.63) is 54.3 Å². The first-order valence-corrected chi connectivity index (χ1v) is 11.9. The highest BCUT2D eigenvalue weighted by Crippen LogP contribution is 2.38. The van der Waals surface area contributed by atoms with Crippen molar-refractivity contribution in [3.8, 4) is 21.7 Å². The van der Waals surface area contributed by atoms with Gasteiger partial charge in [0.2, 0.25) is 14.2 Å². The number of nitrogens with zero attached hydrogens (tertiary/aromatic N) is 1. The molecule has 0 amide bonds. The third-order valence-electron chi connectivity index (χ3n) is 3.59. The minimum atomic E-state index is -3.52. The summed E-state index contributed by atoms with van der Waals surface area (Å²) in [6.07, 6.45) is 2.17. The van der Waals surface area contributed by atoms with Gasteiger partial charge < -0.3 is 0 Å². The van der Waals surface area contributed by atoms with Crippen LogP contribution in [0.4, 0.5) is 4.39 Å². The van der Waals surface area contributed by atoms with Crippen LogP contribution in [0.5, 0.6) is 0 Å². The zero-order valence-electron chi connectivity index (χ0n) is 13.8. The number of rotatable bonds is 4. The molecule has 0 spiro atoms. The van der Waals surface area contributed by atoms with Gasteiger partial charge in [-0.3, -0.25) is 0 Å². The molecule has 0 radical (unpaired) electrons. The highest BCUT2D eigenvalue weighted by molar-refractivity contribution is 7.92. The van der Waals surface area contributed by atoms with E-state index in [1.807, 2.05) is 0 Å². The van der Waals surface area contributed by atoms with Crippen LogP contribution in [-0.4, -0.2) is 34.3 Å². The Hall–Kier alpha value is -2.10. The van der Waals surface area contributed by atoms with Gasteiger partial charge in [0.05, 0.1) is 15.5 Å². The largest absolute Gasteiger partial charge is 0.224 e. The number of hydrogen-bond donors (Lipinski definition) is 0. The molecule has 26 heavy (non-hydrogen) atoms. The van der Waals surface area contributed by atoms with Crippen LogP contribution in [0.1, 0.15) is 0 Å². The average molecular weight is 412 g/mol. The van der Waals surface area contributed by atoms with Crippen molar-refractivity contribution in [3.63, 3.8) is 0 Å². The summed E-state index contributed by atoms with van der Waals surface area (Å²) in [5.41, 5.74) is 1.60. The van der Waals surface area contributed by atoms with E-state index in [0.29, 0.717) is 21.7 Å². The second-order valence-electron chi connectivity index (χ2n) is 5.73. The lowest BCUT2D eigenvalue weighted by Gasteiger charge is -2.04. The van der Waals surface area contributed by atoms with Crippen molar-refractivity contribution < 1.29 is 21.2 Å². The Bertz CT molecular complexity index is 1160. The first kappa shape index (κ1) is 18.7. The molecule has 0 saturated heterocycles. The van der Waals surface area contributed by atoms with Gasteiger partial charge in [0.15, 0.2) is 9.84 Å². The number of sulfone groups is 2. The summed E-state index contributed by atoms with van der Waals surface area (Å²) in [7, 11) is -6.86. The lowest BCUT2D eigenvalue weighted by molar-refractivity contribution is 0.600. The molecule has 0 aliphatic heterocycles. The SMILES string of the molecule is CS(=O)(=O)c1ccc(-c2nc(S(C)(=O)=O)sc2-c2ccc(F)cc2)cc1. The molecule has 9 heteroatoms. The summed E-state index contributed by atoms with van der Waals surface area (Å²) in [5, 5.41) is 0. The van der Waals surface area contributed by atoms with E-state index in [-0.39, 0.29) is 9.24 Å². The van der Waals surface area contributed by atoms with Gasteiger partial charge in [0.25, 0.3) is 0 Å². The molecule has 1 heterocycles. The maximum Gasteiger partial charge on any atom is 0.210 e. The molecular weight excluding hydrogens is 397 g/mol. The summed E-state index contributed by atoms with van der Waals surface area (Å²) < 4.78 is 60.2. The van der Waals surface area contributed by atoms with E-state index in [1.54, 1.807) is 24.3 Å². The summed E-state index contributed by atoms with van der Waals surface area (Å²) in [6, 6.07) is 11.7. The van der Waals surface area contributed by atoms with Crippen molar-refractivity contribution in [1.82, 2.24) is 4.98 Å². The fourth-order valence-corrected chi connectivity index (χ4v) is 4.88. The van der Waals surface area contributed by atoms with Gasteiger partial charge in [0, 0.05) is 18.1 Å². The van der Waals surface area contributed by atoms with Crippen molar-refractivity contribution in [2.45, 2.75) is 9.24 Å². The normalized spacial score (nSPS) is 12.3. The van der Waals surface area contributed by atoms with Gasteiger partial charge in [-0.2, -0.15) is 0 Å². The van der Waals surface area contributed by atoms with Crippen LogP contribution in [0, 0.1) is 5.82 Å². The van der Waals surface area contributed by atoms with Crippen LogP contribution in [0.15, 0.2) is 57.8 Å². The molecule has 5 nitrogen and oxygen atoms in total. The van der Waals surface area contributed by atoms with E-state index in [2.05, 4.69) is 4.98 Å². The van der Waals surface area contributed by atoms with Crippen LogP contribution in [0.3, 0.4) is 0 Å². The van der Waals surface area contributed by atoms with Gasteiger partial charge in [-0.05, 0) is 29.8 Å². The van der Waals surface area contributed by atoms with Crippen molar-refractivity contribution in [1.29, 1.82) is 0 Å². The van der Waals surface area contributed by atoms with Crippen molar-refractivity contribution in [2.24, 2.45) is 0 Å². The molecule has 136 valence electrons. The predicted octanol–water partition coefficient (Wildman–Crippen LogP) is 3.42. The fourth-order valence-electron chi connectivity index (χ4n) is 2.31. The Morgan fingerprint density at radius 3 is 1.85 bits per heavy atom. The van der Waals surface area contributed by atoms with Gasteiger partial charge in [-0.1, -0.05) is 24.3 Å². The topological polar surface area (TPSA) is 81.2 Å². The summed E-state index contributed by atoms with van der Waals surface area (Å²) in [4.78, 5) is 4.95. The van der Waals surface area contributed by atoms with E-state index < -0.39 is 25.5 Å². The highest BCUT2D eigenvalue weighted by atomic mass is 32.2. The number of benzene rings is 2. The molecule has 1 aromatic heterocycles. The number of aromatic nitrogens is 1. The fraction of sp³-hybridized carbons (Fsp3) is 0.118. The second-order valence-corrected chi connectivity index (χ2v) is 10.9. The Morgan fingerprint density at radius 1 is 0.808 bits per heavy atom. The summed E-state index contributed by atoms with van der Waals surface area (Å²) in [5.74, 6) is -0.402. The second kappa shape index (κ2) is 6.57.